The van der Waals surface area contributed by atoms with Crippen LogP contribution in [0.2, 0.25) is 0 Å². The minimum Gasteiger partial charge on any atom is -0.316 e. The lowest BCUT2D eigenvalue weighted by molar-refractivity contribution is 0.622. The highest BCUT2D eigenvalue weighted by atomic mass is 32.2. The summed E-state index contributed by atoms with van der Waals surface area (Å²) in [5.41, 5.74) is 1.06. The van der Waals surface area contributed by atoms with Crippen LogP contribution in [0, 0.1) is 5.82 Å². The maximum atomic E-state index is 12.8. The molecule has 0 radical (unpaired) electrons. The van der Waals surface area contributed by atoms with Crippen molar-refractivity contribution in [3.63, 3.8) is 0 Å². The van der Waals surface area contributed by atoms with Crippen LogP contribution in [0.4, 0.5) is 4.39 Å². The summed E-state index contributed by atoms with van der Waals surface area (Å²) in [7, 11) is 0. The molecule has 0 fully saturated rings. The summed E-state index contributed by atoms with van der Waals surface area (Å²) in [6.45, 7) is 1.98. The van der Waals surface area contributed by atoms with E-state index in [0.717, 1.165) is 25.1 Å². The fourth-order valence-corrected chi connectivity index (χ4v) is 1.82. The first-order chi connectivity index (χ1) is 7.33. The van der Waals surface area contributed by atoms with Crippen LogP contribution in [-0.4, -0.2) is 25.1 Å². The molecular formula is C12H18FNS. The van der Waals surface area contributed by atoms with E-state index in [-0.39, 0.29) is 5.82 Å². The number of nitrogens with one attached hydrogen (secondary N) is 1. The molecule has 0 bridgehead atoms. The SMILES string of the molecule is CSCCCNCCc1cccc(F)c1. The molecule has 0 saturated carbocycles. The standard InChI is InChI=1S/C12H18FNS/c1-15-9-3-7-14-8-6-11-4-2-5-12(13)10-11/h2,4-5,10,14H,3,6-9H2,1H3. The van der Waals surface area contributed by atoms with Crippen molar-refractivity contribution >= 4 is 11.8 Å². The largest absolute Gasteiger partial charge is 0.316 e. The summed E-state index contributed by atoms with van der Waals surface area (Å²) in [4.78, 5) is 0. The minimum atomic E-state index is -0.144. The molecule has 84 valence electrons. The molecule has 0 aliphatic rings. The number of halogens is 1. The third kappa shape index (κ3) is 5.80. The van der Waals surface area contributed by atoms with Crippen molar-refractivity contribution in [2.45, 2.75) is 12.8 Å². The molecular weight excluding hydrogens is 209 g/mol. The molecule has 1 aromatic rings. The molecule has 0 unspecified atom stereocenters. The number of hydrogen-bond acceptors (Lipinski definition) is 2. The summed E-state index contributed by atoms with van der Waals surface area (Å²) in [5, 5.41) is 3.35. The third-order valence-corrected chi connectivity index (χ3v) is 2.88. The Bertz CT molecular complexity index is 278. The first-order valence-electron chi connectivity index (χ1n) is 5.27. The molecule has 15 heavy (non-hydrogen) atoms. The van der Waals surface area contributed by atoms with Crippen LogP contribution < -0.4 is 5.32 Å². The van der Waals surface area contributed by atoms with Crippen LogP contribution in [0.25, 0.3) is 0 Å². The van der Waals surface area contributed by atoms with Gasteiger partial charge in [-0.15, -0.1) is 0 Å². The Balaban J connectivity index is 2.10. The molecule has 0 spiro atoms. The van der Waals surface area contributed by atoms with Gasteiger partial charge in [0.05, 0.1) is 0 Å². The van der Waals surface area contributed by atoms with E-state index in [1.165, 1.54) is 18.2 Å². The average Bonchev–Trinajstić information content (AvgIpc) is 2.23. The van der Waals surface area contributed by atoms with Gasteiger partial charge < -0.3 is 5.32 Å². The Hall–Kier alpha value is -0.540. The van der Waals surface area contributed by atoms with Crippen LogP contribution in [0.15, 0.2) is 24.3 Å². The molecule has 0 saturated heterocycles. The Morgan fingerprint density at radius 1 is 1.33 bits per heavy atom. The van der Waals surface area contributed by atoms with Gasteiger partial charge in [0.15, 0.2) is 0 Å². The summed E-state index contributed by atoms with van der Waals surface area (Å²) in [6, 6.07) is 6.81. The van der Waals surface area contributed by atoms with Crippen LogP contribution in [0.5, 0.6) is 0 Å². The summed E-state index contributed by atoms with van der Waals surface area (Å²) in [5.74, 6) is 1.06. The summed E-state index contributed by atoms with van der Waals surface area (Å²) in [6.07, 6.45) is 4.22. The third-order valence-electron chi connectivity index (χ3n) is 2.18. The molecule has 0 aliphatic heterocycles. The van der Waals surface area contributed by atoms with Crippen LogP contribution in [0.3, 0.4) is 0 Å². The molecule has 1 rings (SSSR count). The fraction of sp³-hybridized carbons (Fsp3) is 0.500. The van der Waals surface area contributed by atoms with Gasteiger partial charge in [0.2, 0.25) is 0 Å². The predicted octanol–water partition coefficient (Wildman–Crippen LogP) is 2.71. The molecule has 1 nitrogen and oxygen atoms in total. The van der Waals surface area contributed by atoms with E-state index in [1.54, 1.807) is 12.1 Å². The lowest BCUT2D eigenvalue weighted by atomic mass is 10.1. The van der Waals surface area contributed by atoms with Crippen molar-refractivity contribution in [3.8, 4) is 0 Å². The van der Waals surface area contributed by atoms with Gasteiger partial charge >= 0.3 is 0 Å². The summed E-state index contributed by atoms with van der Waals surface area (Å²) >= 11 is 1.87. The fourth-order valence-electron chi connectivity index (χ4n) is 1.39. The zero-order chi connectivity index (χ0) is 10.9. The van der Waals surface area contributed by atoms with Crippen molar-refractivity contribution in [2.75, 3.05) is 25.1 Å². The molecule has 1 aromatic carbocycles. The molecule has 1 N–H and O–H groups in total. The lowest BCUT2D eigenvalue weighted by Crippen LogP contribution is -2.18. The molecule has 0 amide bonds. The molecule has 0 heterocycles. The normalized spacial score (nSPS) is 10.5. The van der Waals surface area contributed by atoms with E-state index in [0.29, 0.717) is 0 Å². The number of hydrogen-bond donors (Lipinski definition) is 1. The van der Waals surface area contributed by atoms with Gasteiger partial charge in [-0.3, -0.25) is 0 Å². The maximum absolute atomic E-state index is 12.8. The van der Waals surface area contributed by atoms with Crippen LogP contribution in [0.1, 0.15) is 12.0 Å². The molecule has 0 aromatic heterocycles. The van der Waals surface area contributed by atoms with Crippen LogP contribution in [-0.2, 0) is 6.42 Å². The lowest BCUT2D eigenvalue weighted by Gasteiger charge is -2.04. The van der Waals surface area contributed by atoms with E-state index < -0.39 is 0 Å². The second kappa shape index (κ2) is 7.71. The Morgan fingerprint density at radius 3 is 2.93 bits per heavy atom. The zero-order valence-electron chi connectivity index (χ0n) is 9.13. The van der Waals surface area contributed by atoms with E-state index in [9.17, 15) is 4.39 Å². The second-order valence-corrected chi connectivity index (χ2v) is 4.46. The predicted molar refractivity (Wildman–Crippen MR) is 66.0 cm³/mol. The van der Waals surface area contributed by atoms with Gasteiger partial charge in [0.1, 0.15) is 5.82 Å². The number of benzene rings is 1. The maximum Gasteiger partial charge on any atom is 0.123 e. The smallest absolute Gasteiger partial charge is 0.123 e. The first kappa shape index (κ1) is 12.5. The Kier molecular flexibility index (Phi) is 6.44. The van der Waals surface area contributed by atoms with Crippen molar-refractivity contribution in [3.05, 3.63) is 35.6 Å². The van der Waals surface area contributed by atoms with Gasteiger partial charge in [-0.1, -0.05) is 12.1 Å². The highest BCUT2D eigenvalue weighted by Gasteiger charge is 1.94. The first-order valence-corrected chi connectivity index (χ1v) is 6.66. The van der Waals surface area contributed by atoms with Gasteiger partial charge in [-0.25, -0.2) is 4.39 Å². The van der Waals surface area contributed by atoms with Gasteiger partial charge in [0.25, 0.3) is 0 Å². The van der Waals surface area contributed by atoms with E-state index in [1.807, 2.05) is 17.8 Å². The van der Waals surface area contributed by atoms with Crippen molar-refractivity contribution in [2.24, 2.45) is 0 Å². The quantitative estimate of drug-likeness (QED) is 0.719. The van der Waals surface area contributed by atoms with E-state index in [4.69, 9.17) is 0 Å². The van der Waals surface area contributed by atoms with Crippen molar-refractivity contribution in [1.82, 2.24) is 5.32 Å². The van der Waals surface area contributed by atoms with Crippen molar-refractivity contribution in [1.29, 1.82) is 0 Å². The minimum absolute atomic E-state index is 0.144. The van der Waals surface area contributed by atoms with E-state index in [2.05, 4.69) is 11.6 Å². The van der Waals surface area contributed by atoms with Gasteiger partial charge in [-0.05, 0) is 55.6 Å². The van der Waals surface area contributed by atoms with Crippen LogP contribution >= 0.6 is 11.8 Å². The molecule has 0 aliphatic carbocycles. The van der Waals surface area contributed by atoms with Gasteiger partial charge in [-0.2, -0.15) is 11.8 Å². The Morgan fingerprint density at radius 2 is 2.20 bits per heavy atom. The highest BCUT2D eigenvalue weighted by Crippen LogP contribution is 2.03. The topological polar surface area (TPSA) is 12.0 Å². The van der Waals surface area contributed by atoms with Crippen molar-refractivity contribution < 1.29 is 4.39 Å². The summed E-state index contributed by atoms with van der Waals surface area (Å²) < 4.78 is 12.8. The zero-order valence-corrected chi connectivity index (χ0v) is 9.95. The monoisotopic (exact) mass is 227 g/mol. The molecule has 0 atom stereocenters. The average molecular weight is 227 g/mol. The number of rotatable bonds is 7. The van der Waals surface area contributed by atoms with E-state index >= 15 is 0 Å². The molecule has 3 heteroatoms. The Labute approximate surface area is 95.5 Å². The second-order valence-electron chi connectivity index (χ2n) is 3.48. The number of thioether (sulfide) groups is 1. The van der Waals surface area contributed by atoms with Gasteiger partial charge in [0, 0.05) is 0 Å². The highest BCUT2D eigenvalue weighted by molar-refractivity contribution is 7.98.